The molecule has 0 saturated carbocycles. The number of benzene rings is 1. The Hall–Kier alpha value is -2.21. The molecule has 1 amide bonds. The van der Waals surface area contributed by atoms with Gasteiger partial charge in [-0.15, -0.1) is 0 Å². The van der Waals surface area contributed by atoms with Gasteiger partial charge in [0.1, 0.15) is 5.82 Å². The third kappa shape index (κ3) is 3.06. The number of carbonyl (C=O) groups excluding carboxylic acids is 1. The molecule has 144 valence electrons. The predicted octanol–water partition coefficient (Wildman–Crippen LogP) is 3.26. The highest BCUT2D eigenvalue weighted by Gasteiger charge is 2.46. The summed E-state index contributed by atoms with van der Waals surface area (Å²) in [6, 6.07) is 4.62. The van der Waals surface area contributed by atoms with Crippen molar-refractivity contribution in [2.75, 3.05) is 26.2 Å². The van der Waals surface area contributed by atoms with Gasteiger partial charge in [-0.1, -0.05) is 6.92 Å². The van der Waals surface area contributed by atoms with Crippen LogP contribution >= 0.6 is 0 Å². The van der Waals surface area contributed by atoms with E-state index in [0.29, 0.717) is 24.2 Å². The van der Waals surface area contributed by atoms with Crippen LogP contribution in [0.15, 0.2) is 24.5 Å². The lowest BCUT2D eigenvalue weighted by atomic mass is 9.78. The Morgan fingerprint density at radius 2 is 2.07 bits per heavy atom. The number of likely N-dealkylation sites (tertiary alicyclic amines) is 1. The molecular weight excluding hydrogens is 343 g/mol. The number of H-pyrrole nitrogens is 1. The number of hydrogen-bond acceptors (Lipinski definition) is 3. The van der Waals surface area contributed by atoms with E-state index in [1.807, 2.05) is 4.90 Å². The van der Waals surface area contributed by atoms with Crippen molar-refractivity contribution in [3.63, 3.8) is 0 Å². The predicted molar refractivity (Wildman–Crippen MR) is 102 cm³/mol. The number of hydrogen-bond donors (Lipinski definition) is 1. The number of aryl methyl sites for hydroxylation is 1. The zero-order valence-electron chi connectivity index (χ0n) is 16.1. The number of aromatic amines is 1. The topological polar surface area (TPSA) is 52.2 Å². The lowest BCUT2D eigenvalue weighted by Crippen LogP contribution is -2.57. The molecule has 4 rings (SSSR count). The highest BCUT2D eigenvalue weighted by atomic mass is 19.1. The van der Waals surface area contributed by atoms with Crippen LogP contribution in [-0.2, 0) is 12.0 Å². The van der Waals surface area contributed by atoms with Crippen molar-refractivity contribution >= 4 is 5.91 Å². The van der Waals surface area contributed by atoms with Gasteiger partial charge in [-0.3, -0.25) is 9.69 Å². The first-order valence-electron chi connectivity index (χ1n) is 9.88. The molecule has 0 unspecified atom stereocenters. The lowest BCUT2D eigenvalue weighted by Gasteiger charge is -2.50. The van der Waals surface area contributed by atoms with Crippen LogP contribution < -0.4 is 0 Å². The largest absolute Gasteiger partial charge is 0.348 e. The molecule has 27 heavy (non-hydrogen) atoms. The fourth-order valence-corrected chi connectivity index (χ4v) is 4.71. The van der Waals surface area contributed by atoms with E-state index >= 15 is 0 Å². The van der Waals surface area contributed by atoms with Crippen LogP contribution in [0.2, 0.25) is 0 Å². The van der Waals surface area contributed by atoms with Gasteiger partial charge in [0.05, 0.1) is 17.6 Å². The summed E-state index contributed by atoms with van der Waals surface area (Å²) < 4.78 is 13.5. The first-order chi connectivity index (χ1) is 13.0. The third-order valence-electron chi connectivity index (χ3n) is 6.17. The molecule has 1 aromatic heterocycles. The number of fused-ring (bicyclic) bond motifs is 2. The number of piperidine rings is 1. The monoisotopic (exact) mass is 370 g/mol. The van der Waals surface area contributed by atoms with E-state index in [9.17, 15) is 9.18 Å². The molecule has 1 fully saturated rings. The molecule has 3 heterocycles. The zero-order chi connectivity index (χ0) is 19.0. The molecule has 5 nitrogen and oxygen atoms in total. The molecule has 2 aromatic rings. The van der Waals surface area contributed by atoms with Crippen molar-refractivity contribution in [1.82, 2.24) is 19.8 Å². The maximum absolute atomic E-state index is 13.5. The maximum Gasteiger partial charge on any atom is 0.253 e. The third-order valence-corrected chi connectivity index (χ3v) is 6.17. The summed E-state index contributed by atoms with van der Waals surface area (Å²) in [5.41, 5.74) is 3.43. The van der Waals surface area contributed by atoms with Crippen molar-refractivity contribution in [3.05, 3.63) is 52.9 Å². The SMILES string of the molecule is CCCN1CCc2[nH]cnc2C12CCN(C(=O)c1ccc(F)c(C)c1)CC2. The molecule has 0 bridgehead atoms. The van der Waals surface area contributed by atoms with Crippen LogP contribution in [0.1, 0.15) is 53.5 Å². The van der Waals surface area contributed by atoms with Gasteiger partial charge in [-0.25, -0.2) is 9.37 Å². The van der Waals surface area contributed by atoms with Crippen LogP contribution in [0, 0.1) is 12.7 Å². The van der Waals surface area contributed by atoms with Crippen molar-refractivity contribution in [1.29, 1.82) is 0 Å². The Morgan fingerprint density at radius 1 is 1.30 bits per heavy atom. The molecule has 0 atom stereocenters. The van der Waals surface area contributed by atoms with Gasteiger partial charge in [0.2, 0.25) is 0 Å². The summed E-state index contributed by atoms with van der Waals surface area (Å²) in [6.07, 6.45) is 5.70. The standard InChI is InChI=1S/C21H27FN4O/c1-3-9-26-10-6-18-19(24-14-23-18)21(26)7-11-25(12-8-21)20(27)16-4-5-17(22)15(2)13-16/h4-5,13-14H,3,6-12H2,1-2H3,(H,23,24). The number of imidazole rings is 1. The smallest absolute Gasteiger partial charge is 0.253 e. The van der Waals surface area contributed by atoms with Gasteiger partial charge in [0, 0.05) is 37.3 Å². The van der Waals surface area contributed by atoms with Gasteiger partial charge in [0.25, 0.3) is 5.91 Å². The van der Waals surface area contributed by atoms with E-state index in [-0.39, 0.29) is 17.3 Å². The Bertz CT molecular complexity index is 838. The molecule has 1 spiro atoms. The van der Waals surface area contributed by atoms with Crippen LogP contribution in [0.4, 0.5) is 4.39 Å². The Labute approximate surface area is 159 Å². The van der Waals surface area contributed by atoms with Crippen LogP contribution in [0.5, 0.6) is 0 Å². The maximum atomic E-state index is 13.5. The minimum absolute atomic E-state index is 0.00643. The van der Waals surface area contributed by atoms with Crippen molar-refractivity contribution in [3.8, 4) is 0 Å². The highest BCUT2D eigenvalue weighted by Crippen LogP contribution is 2.42. The minimum atomic E-state index is -0.271. The van der Waals surface area contributed by atoms with E-state index in [4.69, 9.17) is 0 Å². The van der Waals surface area contributed by atoms with Gasteiger partial charge in [0.15, 0.2) is 0 Å². The molecule has 6 heteroatoms. The van der Waals surface area contributed by atoms with Crippen LogP contribution in [0.25, 0.3) is 0 Å². The molecule has 2 aliphatic heterocycles. The molecule has 1 N–H and O–H groups in total. The Morgan fingerprint density at radius 3 is 2.78 bits per heavy atom. The van der Waals surface area contributed by atoms with E-state index < -0.39 is 0 Å². The van der Waals surface area contributed by atoms with E-state index in [1.54, 1.807) is 25.4 Å². The molecule has 0 aliphatic carbocycles. The summed E-state index contributed by atoms with van der Waals surface area (Å²) in [5.74, 6) is -0.277. The first kappa shape index (κ1) is 18.2. The summed E-state index contributed by atoms with van der Waals surface area (Å²) in [4.78, 5) is 25.4. The van der Waals surface area contributed by atoms with Crippen molar-refractivity contribution in [2.45, 2.75) is 45.1 Å². The number of amides is 1. The number of rotatable bonds is 3. The number of nitrogens with zero attached hydrogens (tertiary/aromatic N) is 3. The molecule has 1 aromatic carbocycles. The fourth-order valence-electron chi connectivity index (χ4n) is 4.71. The highest BCUT2D eigenvalue weighted by molar-refractivity contribution is 5.94. The van der Waals surface area contributed by atoms with E-state index in [2.05, 4.69) is 21.8 Å². The fraction of sp³-hybridized carbons (Fsp3) is 0.524. The minimum Gasteiger partial charge on any atom is -0.348 e. The molecular formula is C21H27FN4O. The summed E-state index contributed by atoms with van der Waals surface area (Å²) in [7, 11) is 0. The van der Waals surface area contributed by atoms with Gasteiger partial charge in [-0.05, 0) is 56.5 Å². The lowest BCUT2D eigenvalue weighted by molar-refractivity contribution is 0.00708. The summed E-state index contributed by atoms with van der Waals surface area (Å²) in [5, 5.41) is 0. The van der Waals surface area contributed by atoms with Gasteiger partial charge in [-0.2, -0.15) is 0 Å². The Balaban J connectivity index is 1.55. The first-order valence-corrected chi connectivity index (χ1v) is 9.88. The van der Waals surface area contributed by atoms with Crippen molar-refractivity contribution in [2.24, 2.45) is 0 Å². The molecule has 1 saturated heterocycles. The Kier molecular flexibility index (Phi) is 4.76. The number of halogens is 1. The second kappa shape index (κ2) is 7.08. The number of aromatic nitrogens is 2. The average molecular weight is 370 g/mol. The van der Waals surface area contributed by atoms with E-state index in [1.165, 1.54) is 17.5 Å². The second-order valence-electron chi connectivity index (χ2n) is 7.75. The van der Waals surface area contributed by atoms with E-state index in [0.717, 1.165) is 38.8 Å². The summed E-state index contributed by atoms with van der Waals surface area (Å²) >= 11 is 0. The van der Waals surface area contributed by atoms with Crippen LogP contribution in [-0.4, -0.2) is 51.9 Å². The van der Waals surface area contributed by atoms with Gasteiger partial charge >= 0.3 is 0 Å². The summed E-state index contributed by atoms with van der Waals surface area (Å²) in [6.45, 7) is 7.39. The quantitative estimate of drug-likeness (QED) is 0.902. The average Bonchev–Trinajstić information content (AvgIpc) is 3.16. The number of nitrogens with one attached hydrogen (secondary N) is 1. The molecule has 0 radical (unpaired) electrons. The zero-order valence-corrected chi connectivity index (χ0v) is 16.1. The second-order valence-corrected chi connectivity index (χ2v) is 7.75. The number of carbonyl (C=O) groups is 1. The van der Waals surface area contributed by atoms with Crippen LogP contribution in [0.3, 0.4) is 0 Å². The molecule has 2 aliphatic rings. The normalized spacial score (nSPS) is 19.3. The van der Waals surface area contributed by atoms with Gasteiger partial charge < -0.3 is 9.88 Å². The van der Waals surface area contributed by atoms with Crippen molar-refractivity contribution < 1.29 is 9.18 Å².